The fraction of sp³-hybridized carbons (Fsp3) is 0. The number of carboxylic acids is 2. The van der Waals surface area contributed by atoms with Crippen LogP contribution < -0.4 is 9.47 Å². The van der Waals surface area contributed by atoms with Crippen molar-refractivity contribution in [2.24, 2.45) is 0 Å². The second-order valence-corrected chi connectivity index (χ2v) is 9.09. The van der Waals surface area contributed by atoms with Crippen LogP contribution in [0.4, 0.5) is 0 Å². The fourth-order valence-electron chi connectivity index (χ4n) is 3.33. The largest absolute Gasteiger partial charge is 0.478 e. The van der Waals surface area contributed by atoms with Gasteiger partial charge in [0.2, 0.25) is 9.84 Å². The minimum absolute atomic E-state index is 0.0254. The molecule has 0 amide bonds. The third-order valence-electron chi connectivity index (χ3n) is 4.95. The Labute approximate surface area is 200 Å². The number of hydrogen-bond donors (Lipinski definition) is 2. The summed E-state index contributed by atoms with van der Waals surface area (Å²) in [5, 5.41) is 18.9. The topological polar surface area (TPSA) is 127 Å². The first-order valence-corrected chi connectivity index (χ1v) is 11.7. The molecule has 4 rings (SSSR count). The maximum atomic E-state index is 13.7. The van der Waals surface area contributed by atoms with Crippen molar-refractivity contribution >= 4 is 21.8 Å². The summed E-state index contributed by atoms with van der Waals surface area (Å²) >= 11 is 0. The number of benzene rings is 4. The zero-order chi connectivity index (χ0) is 25.0. The molecule has 8 nitrogen and oxygen atoms in total. The lowest BCUT2D eigenvalue weighted by Crippen LogP contribution is -2.07. The van der Waals surface area contributed by atoms with Gasteiger partial charge in [-0.1, -0.05) is 48.5 Å². The van der Waals surface area contributed by atoms with E-state index in [0.29, 0.717) is 0 Å². The molecule has 9 heteroatoms. The highest BCUT2D eigenvalue weighted by molar-refractivity contribution is 7.91. The summed E-state index contributed by atoms with van der Waals surface area (Å²) in [4.78, 5) is 22.7. The maximum absolute atomic E-state index is 13.7. The molecule has 0 bridgehead atoms. The van der Waals surface area contributed by atoms with Gasteiger partial charge in [-0.25, -0.2) is 18.0 Å². The molecule has 0 saturated carbocycles. The standard InChI is InChI=1S/C26H18O8S/c27-25(28)17-9-1-3-11-19(17)33-21-13-5-7-15-23(21)35(31,32)24-16-8-6-14-22(24)34-20-12-4-2-10-18(20)26(29)30/h1-16H,(H,27,28)(H,29,30). The first kappa shape index (κ1) is 23.5. The molecular weight excluding hydrogens is 472 g/mol. The first-order chi connectivity index (χ1) is 16.8. The van der Waals surface area contributed by atoms with E-state index in [2.05, 4.69) is 0 Å². The summed E-state index contributed by atoms with van der Waals surface area (Å²) in [6.07, 6.45) is 0. The van der Waals surface area contributed by atoms with Crippen LogP contribution in [0.2, 0.25) is 0 Å². The smallest absolute Gasteiger partial charge is 0.339 e. The Hall–Kier alpha value is -4.63. The van der Waals surface area contributed by atoms with Crippen molar-refractivity contribution in [2.75, 3.05) is 0 Å². The molecule has 0 fully saturated rings. The molecule has 0 aliphatic carbocycles. The van der Waals surface area contributed by atoms with Gasteiger partial charge in [-0.2, -0.15) is 0 Å². The zero-order valence-electron chi connectivity index (χ0n) is 18.0. The Morgan fingerprint density at radius 3 is 1.20 bits per heavy atom. The van der Waals surface area contributed by atoms with Crippen LogP contribution in [0.5, 0.6) is 23.0 Å². The minimum Gasteiger partial charge on any atom is -0.478 e. The van der Waals surface area contributed by atoms with Gasteiger partial charge in [0, 0.05) is 0 Å². The number of para-hydroxylation sites is 4. The summed E-state index contributed by atoms with van der Waals surface area (Å²) < 4.78 is 38.9. The molecule has 0 heterocycles. The van der Waals surface area contributed by atoms with E-state index in [1.807, 2.05) is 0 Å². The molecule has 4 aromatic carbocycles. The van der Waals surface area contributed by atoms with Crippen LogP contribution in [0.3, 0.4) is 0 Å². The summed E-state index contributed by atoms with van der Waals surface area (Å²) in [6, 6.07) is 23.3. The van der Waals surface area contributed by atoms with Gasteiger partial charge in [-0.05, 0) is 48.5 Å². The molecule has 176 valence electrons. The van der Waals surface area contributed by atoms with Gasteiger partial charge >= 0.3 is 11.9 Å². The van der Waals surface area contributed by atoms with Gasteiger partial charge in [-0.15, -0.1) is 0 Å². The number of sulfone groups is 1. The van der Waals surface area contributed by atoms with Crippen molar-refractivity contribution in [3.05, 3.63) is 108 Å². The molecule has 0 unspecified atom stereocenters. The minimum atomic E-state index is -4.25. The predicted molar refractivity (Wildman–Crippen MR) is 125 cm³/mol. The predicted octanol–water partition coefficient (Wildman–Crippen LogP) is 5.50. The van der Waals surface area contributed by atoms with Gasteiger partial charge in [0.05, 0.1) is 0 Å². The van der Waals surface area contributed by atoms with Crippen molar-refractivity contribution in [1.29, 1.82) is 0 Å². The van der Waals surface area contributed by atoms with Crippen molar-refractivity contribution in [2.45, 2.75) is 9.79 Å². The van der Waals surface area contributed by atoms with Gasteiger partial charge in [0.1, 0.15) is 43.9 Å². The Balaban J connectivity index is 1.78. The lowest BCUT2D eigenvalue weighted by Gasteiger charge is -2.16. The second kappa shape index (κ2) is 9.70. The quantitative estimate of drug-likeness (QED) is 0.331. The molecule has 0 spiro atoms. The van der Waals surface area contributed by atoms with Gasteiger partial charge < -0.3 is 19.7 Å². The highest BCUT2D eigenvalue weighted by atomic mass is 32.2. The van der Waals surface area contributed by atoms with Crippen molar-refractivity contribution in [1.82, 2.24) is 0 Å². The highest BCUT2D eigenvalue weighted by Crippen LogP contribution is 2.38. The van der Waals surface area contributed by atoms with Crippen LogP contribution in [0.15, 0.2) is 107 Å². The van der Waals surface area contributed by atoms with Gasteiger partial charge in [0.25, 0.3) is 0 Å². The Kier molecular flexibility index (Phi) is 6.52. The summed E-state index contributed by atoms with van der Waals surface area (Å²) in [7, 11) is -4.25. The van der Waals surface area contributed by atoms with Crippen LogP contribution in [0.25, 0.3) is 0 Å². The van der Waals surface area contributed by atoms with Crippen LogP contribution in [0.1, 0.15) is 20.7 Å². The molecule has 35 heavy (non-hydrogen) atoms. The molecule has 0 saturated heterocycles. The van der Waals surface area contributed by atoms with Crippen LogP contribution in [0, 0.1) is 0 Å². The number of aromatic carboxylic acids is 2. The maximum Gasteiger partial charge on any atom is 0.339 e. The first-order valence-electron chi connectivity index (χ1n) is 10.2. The lowest BCUT2D eigenvalue weighted by atomic mass is 10.2. The van der Waals surface area contributed by atoms with E-state index < -0.39 is 21.8 Å². The average Bonchev–Trinajstić information content (AvgIpc) is 2.85. The number of ether oxygens (including phenoxy) is 2. The number of rotatable bonds is 8. The molecule has 0 atom stereocenters. The van der Waals surface area contributed by atoms with Crippen molar-refractivity contribution in [3.63, 3.8) is 0 Å². The average molecular weight is 490 g/mol. The van der Waals surface area contributed by atoms with Crippen molar-refractivity contribution < 1.29 is 37.7 Å². The molecule has 0 aliphatic rings. The Morgan fingerprint density at radius 1 is 0.514 bits per heavy atom. The van der Waals surface area contributed by atoms with Crippen LogP contribution >= 0.6 is 0 Å². The van der Waals surface area contributed by atoms with E-state index in [1.165, 1.54) is 72.8 Å². The molecular formula is C26H18O8S. The third-order valence-corrected chi connectivity index (χ3v) is 6.78. The summed E-state index contributed by atoms with van der Waals surface area (Å²) in [5.74, 6) is -2.66. The monoisotopic (exact) mass is 490 g/mol. The number of carboxylic acid groups (broad SMARTS) is 2. The molecule has 0 radical (unpaired) electrons. The van der Waals surface area contributed by atoms with Crippen LogP contribution in [-0.2, 0) is 9.84 Å². The number of hydrogen-bond acceptors (Lipinski definition) is 6. The molecule has 4 aromatic rings. The van der Waals surface area contributed by atoms with Crippen LogP contribution in [-0.4, -0.2) is 30.6 Å². The van der Waals surface area contributed by atoms with Gasteiger partial charge in [-0.3, -0.25) is 0 Å². The number of carbonyl (C=O) groups is 2. The second-order valence-electron chi connectivity index (χ2n) is 7.20. The van der Waals surface area contributed by atoms with E-state index in [4.69, 9.17) is 9.47 Å². The Morgan fingerprint density at radius 2 is 0.829 bits per heavy atom. The van der Waals surface area contributed by atoms with Crippen molar-refractivity contribution in [3.8, 4) is 23.0 Å². The van der Waals surface area contributed by atoms with Gasteiger partial charge in [0.15, 0.2) is 0 Å². The fourth-order valence-corrected chi connectivity index (χ4v) is 4.83. The van der Waals surface area contributed by atoms with E-state index in [1.54, 1.807) is 24.3 Å². The van der Waals surface area contributed by atoms with E-state index in [-0.39, 0.29) is 43.9 Å². The highest BCUT2D eigenvalue weighted by Gasteiger charge is 2.27. The molecule has 0 aromatic heterocycles. The zero-order valence-corrected chi connectivity index (χ0v) is 18.8. The summed E-state index contributed by atoms with van der Waals surface area (Å²) in [6.45, 7) is 0. The normalized spacial score (nSPS) is 11.0. The van der Waals surface area contributed by atoms with E-state index in [0.717, 1.165) is 0 Å². The third kappa shape index (κ3) is 4.85. The SMILES string of the molecule is O=C(O)c1ccccc1Oc1ccccc1S(=O)(=O)c1ccccc1Oc1ccccc1C(=O)O. The molecule has 2 N–H and O–H groups in total. The van der Waals surface area contributed by atoms with E-state index >= 15 is 0 Å². The lowest BCUT2D eigenvalue weighted by molar-refractivity contribution is 0.0683. The Bertz CT molecular complexity index is 1420. The van der Waals surface area contributed by atoms with E-state index in [9.17, 15) is 28.2 Å². The summed E-state index contributed by atoms with van der Waals surface area (Å²) in [5.41, 5.74) is -0.262. The molecule has 0 aliphatic heterocycles.